The fourth-order valence-corrected chi connectivity index (χ4v) is 4.60. The first kappa shape index (κ1) is 20.1. The molecule has 8 heteroatoms. The van der Waals surface area contributed by atoms with Crippen molar-refractivity contribution in [3.63, 3.8) is 0 Å². The summed E-state index contributed by atoms with van der Waals surface area (Å²) in [6, 6.07) is 15.1. The zero-order valence-electron chi connectivity index (χ0n) is 16.0. The van der Waals surface area contributed by atoms with Crippen molar-refractivity contribution in [1.29, 1.82) is 0 Å². The third-order valence-electron chi connectivity index (χ3n) is 4.82. The Bertz CT molecular complexity index is 1240. The van der Waals surface area contributed by atoms with E-state index in [1.54, 1.807) is 28.8 Å². The highest BCUT2D eigenvalue weighted by Gasteiger charge is 2.27. The minimum absolute atomic E-state index is 0.0279. The number of benzene rings is 2. The molecule has 1 aliphatic rings. The molecule has 1 aliphatic heterocycles. The van der Waals surface area contributed by atoms with Crippen LogP contribution in [-0.4, -0.2) is 33.6 Å². The first-order valence-electron chi connectivity index (χ1n) is 9.17. The maximum absolute atomic E-state index is 11.8. The Balaban J connectivity index is 1.70. The fraction of sp³-hybridized carbons (Fsp3) is 0.136. The molecule has 2 heterocycles. The van der Waals surface area contributed by atoms with Crippen LogP contribution >= 0.6 is 23.6 Å². The van der Waals surface area contributed by atoms with Crippen molar-refractivity contribution in [2.75, 3.05) is 7.11 Å². The van der Waals surface area contributed by atoms with Crippen LogP contribution in [0.5, 0.6) is 11.6 Å². The average Bonchev–Trinajstić information content (AvgIpc) is 3.24. The molecule has 0 fully saturated rings. The third-order valence-corrected chi connectivity index (χ3v) is 6.21. The molecule has 30 heavy (non-hydrogen) atoms. The molecule has 0 amide bonds. The number of methoxy groups -OCH3 is 1. The minimum Gasteiger partial charge on any atom is -0.497 e. The lowest BCUT2D eigenvalue weighted by Crippen LogP contribution is -2.11. The zero-order chi connectivity index (χ0) is 21.3. The lowest BCUT2D eigenvalue weighted by molar-refractivity contribution is -0.129. The first-order valence-corrected chi connectivity index (χ1v) is 10.4. The molecule has 0 spiro atoms. The number of aromatic nitrogens is 1. The largest absolute Gasteiger partial charge is 0.497 e. The number of ether oxygens (including phenoxy) is 1. The fourth-order valence-electron chi connectivity index (χ4n) is 3.30. The highest BCUT2D eigenvalue weighted by molar-refractivity contribution is 7.73. The predicted molar refractivity (Wildman–Crippen MR) is 121 cm³/mol. The van der Waals surface area contributed by atoms with Crippen molar-refractivity contribution in [3.05, 3.63) is 68.5 Å². The monoisotopic (exact) mass is 438 g/mol. The number of hydrogen-bond donors (Lipinski definition) is 2. The van der Waals surface area contributed by atoms with Crippen LogP contribution in [0, 0.1) is 3.95 Å². The van der Waals surface area contributed by atoms with E-state index in [9.17, 15) is 15.0 Å². The Kier molecular flexibility index (Phi) is 5.52. The topological polar surface area (TPSA) is 84.0 Å². The van der Waals surface area contributed by atoms with Crippen molar-refractivity contribution in [1.82, 2.24) is 4.57 Å². The van der Waals surface area contributed by atoms with Gasteiger partial charge in [0.1, 0.15) is 5.75 Å². The number of hydrogen-bond acceptors (Lipinski definition) is 6. The van der Waals surface area contributed by atoms with Gasteiger partial charge in [-0.1, -0.05) is 30.3 Å². The van der Waals surface area contributed by atoms with E-state index in [1.807, 2.05) is 30.3 Å². The van der Waals surface area contributed by atoms with Crippen LogP contribution in [-0.2, 0) is 17.8 Å². The Hall–Kier alpha value is -3.23. The van der Waals surface area contributed by atoms with Crippen LogP contribution in [0.1, 0.15) is 16.0 Å². The van der Waals surface area contributed by atoms with Gasteiger partial charge in [0.05, 0.1) is 17.7 Å². The SMILES string of the molecule is COc1ccc2c(c1)N=C(C(=O)O)C2=Cc1sc(=S)n(CCc2ccccc2)c1O. The van der Waals surface area contributed by atoms with Gasteiger partial charge in [0, 0.05) is 23.7 Å². The summed E-state index contributed by atoms with van der Waals surface area (Å²) in [5.74, 6) is -0.516. The molecule has 0 saturated heterocycles. The number of carboxylic acids is 1. The number of carbonyl (C=O) groups is 1. The summed E-state index contributed by atoms with van der Waals surface area (Å²) < 4.78 is 7.39. The van der Waals surface area contributed by atoms with Crippen LogP contribution in [0.4, 0.5) is 5.69 Å². The number of fused-ring (bicyclic) bond motifs is 1. The first-order chi connectivity index (χ1) is 14.5. The lowest BCUT2D eigenvalue weighted by atomic mass is 10.0. The molecule has 0 aliphatic carbocycles. The summed E-state index contributed by atoms with van der Waals surface area (Å²) in [5.41, 5.74) is 2.69. The highest BCUT2D eigenvalue weighted by atomic mass is 32.1. The molecule has 0 saturated carbocycles. The van der Waals surface area contributed by atoms with E-state index in [0.717, 1.165) is 12.0 Å². The molecule has 3 aromatic rings. The van der Waals surface area contributed by atoms with Gasteiger partial charge in [0.15, 0.2) is 9.67 Å². The Morgan fingerprint density at radius 2 is 2.03 bits per heavy atom. The van der Waals surface area contributed by atoms with Crippen molar-refractivity contribution in [3.8, 4) is 11.6 Å². The second-order valence-electron chi connectivity index (χ2n) is 6.65. The number of carboxylic acid groups (broad SMARTS) is 1. The average molecular weight is 439 g/mol. The van der Waals surface area contributed by atoms with E-state index in [0.29, 0.717) is 37.9 Å². The zero-order valence-corrected chi connectivity index (χ0v) is 17.7. The van der Waals surface area contributed by atoms with Crippen LogP contribution in [0.2, 0.25) is 0 Å². The Morgan fingerprint density at radius 1 is 1.27 bits per heavy atom. The summed E-state index contributed by atoms with van der Waals surface area (Å²) in [5, 5.41) is 20.4. The van der Waals surface area contributed by atoms with Gasteiger partial charge in [0.2, 0.25) is 5.88 Å². The molecule has 152 valence electrons. The van der Waals surface area contributed by atoms with Crippen LogP contribution < -0.4 is 4.74 Å². The van der Waals surface area contributed by atoms with Crippen LogP contribution in [0.25, 0.3) is 11.6 Å². The normalized spacial score (nSPS) is 13.9. The summed E-state index contributed by atoms with van der Waals surface area (Å²) in [4.78, 5) is 16.5. The molecule has 1 aromatic heterocycles. The smallest absolute Gasteiger partial charge is 0.355 e. The predicted octanol–water partition coefficient (Wildman–Crippen LogP) is 4.95. The molecule has 0 bridgehead atoms. The van der Waals surface area contributed by atoms with Gasteiger partial charge in [-0.25, -0.2) is 9.79 Å². The van der Waals surface area contributed by atoms with Gasteiger partial charge in [-0.3, -0.25) is 4.57 Å². The van der Waals surface area contributed by atoms with Gasteiger partial charge in [0.25, 0.3) is 0 Å². The van der Waals surface area contributed by atoms with E-state index in [-0.39, 0.29) is 11.6 Å². The van der Waals surface area contributed by atoms with Gasteiger partial charge in [-0.15, -0.1) is 11.3 Å². The van der Waals surface area contributed by atoms with Crippen molar-refractivity contribution >= 4 is 52.6 Å². The molecular weight excluding hydrogens is 420 g/mol. The molecular formula is C22H18N2O4S2. The van der Waals surface area contributed by atoms with Crippen molar-refractivity contribution in [2.45, 2.75) is 13.0 Å². The maximum atomic E-state index is 11.8. The standard InChI is InChI=1S/C22H18N2O4S2/c1-28-14-7-8-15-16(19(21(26)27)23-17(15)11-14)12-18-20(25)24(22(29)30-18)10-9-13-5-3-2-4-6-13/h2-8,11-12,25H,9-10H2,1H3,(H,26,27). The Morgan fingerprint density at radius 3 is 2.73 bits per heavy atom. The van der Waals surface area contributed by atoms with E-state index in [4.69, 9.17) is 17.0 Å². The van der Waals surface area contributed by atoms with Crippen LogP contribution in [0.15, 0.2) is 53.5 Å². The Labute approximate surface area is 182 Å². The molecule has 2 N–H and O–H groups in total. The highest BCUT2D eigenvalue weighted by Crippen LogP contribution is 2.40. The number of thiazole rings is 1. The second kappa shape index (κ2) is 8.25. The van der Waals surface area contributed by atoms with Crippen molar-refractivity contribution in [2.24, 2.45) is 4.99 Å². The van der Waals surface area contributed by atoms with E-state index in [2.05, 4.69) is 4.99 Å². The summed E-state index contributed by atoms with van der Waals surface area (Å²) >= 11 is 6.68. The molecule has 4 rings (SSSR count). The minimum atomic E-state index is -1.14. The van der Waals surface area contributed by atoms with E-state index < -0.39 is 5.97 Å². The number of aliphatic imine (C=N–C) groups is 1. The molecule has 2 aromatic carbocycles. The van der Waals surface area contributed by atoms with E-state index in [1.165, 1.54) is 18.4 Å². The number of rotatable bonds is 6. The molecule has 0 radical (unpaired) electrons. The number of aliphatic carboxylic acids is 1. The number of nitrogens with zero attached hydrogens (tertiary/aromatic N) is 2. The summed E-state index contributed by atoms with van der Waals surface area (Å²) in [7, 11) is 1.54. The van der Waals surface area contributed by atoms with Gasteiger partial charge < -0.3 is 14.9 Å². The van der Waals surface area contributed by atoms with E-state index >= 15 is 0 Å². The summed E-state index contributed by atoms with van der Waals surface area (Å²) in [6.07, 6.45) is 2.36. The van der Waals surface area contributed by atoms with Gasteiger partial charge in [-0.05, 0) is 42.4 Å². The molecule has 0 unspecified atom stereocenters. The molecule has 0 atom stereocenters. The third kappa shape index (κ3) is 3.79. The van der Waals surface area contributed by atoms with Gasteiger partial charge in [-0.2, -0.15) is 0 Å². The lowest BCUT2D eigenvalue weighted by Gasteiger charge is -2.06. The van der Waals surface area contributed by atoms with Gasteiger partial charge >= 0.3 is 5.97 Å². The second-order valence-corrected chi connectivity index (χ2v) is 8.33. The number of aryl methyl sites for hydroxylation is 1. The summed E-state index contributed by atoms with van der Waals surface area (Å²) in [6.45, 7) is 0.530. The number of aromatic hydroxyl groups is 1. The quantitative estimate of drug-likeness (QED) is 0.532. The molecule has 6 nitrogen and oxygen atoms in total. The van der Waals surface area contributed by atoms with Crippen LogP contribution in [0.3, 0.4) is 0 Å². The van der Waals surface area contributed by atoms with Crippen molar-refractivity contribution < 1.29 is 19.7 Å². The maximum Gasteiger partial charge on any atom is 0.355 e.